The van der Waals surface area contributed by atoms with E-state index in [0.717, 1.165) is 38.8 Å². The molecular weight excluding hydrogens is 260 g/mol. The van der Waals surface area contributed by atoms with Gasteiger partial charge < -0.3 is 10.6 Å². The third kappa shape index (κ3) is 2.10. The van der Waals surface area contributed by atoms with Crippen molar-refractivity contribution >= 4 is 5.91 Å². The summed E-state index contributed by atoms with van der Waals surface area (Å²) < 4.78 is 0. The van der Waals surface area contributed by atoms with Crippen molar-refractivity contribution in [1.82, 2.24) is 10.6 Å². The SMILES string of the molecule is CC1CCNCC1NC(=O)C1CC12CCc1ccccc12. The first-order valence-corrected chi connectivity index (χ1v) is 8.30. The van der Waals surface area contributed by atoms with Gasteiger partial charge in [0.2, 0.25) is 5.91 Å². The lowest BCUT2D eigenvalue weighted by Crippen LogP contribution is -2.51. The van der Waals surface area contributed by atoms with Gasteiger partial charge in [-0.1, -0.05) is 31.2 Å². The lowest BCUT2D eigenvalue weighted by Gasteiger charge is -2.30. The van der Waals surface area contributed by atoms with Gasteiger partial charge in [-0.25, -0.2) is 0 Å². The first kappa shape index (κ1) is 13.3. The maximum absolute atomic E-state index is 12.7. The Morgan fingerprint density at radius 1 is 1.38 bits per heavy atom. The molecule has 1 saturated carbocycles. The van der Waals surface area contributed by atoms with E-state index in [9.17, 15) is 4.79 Å². The molecule has 2 aliphatic carbocycles. The predicted molar refractivity (Wildman–Crippen MR) is 83.1 cm³/mol. The molecule has 3 heteroatoms. The summed E-state index contributed by atoms with van der Waals surface area (Å²) in [6.07, 6.45) is 4.50. The fourth-order valence-electron chi connectivity index (χ4n) is 4.41. The normalized spacial score (nSPS) is 37.3. The number of hydrogen-bond donors (Lipinski definition) is 2. The van der Waals surface area contributed by atoms with Crippen LogP contribution in [0.15, 0.2) is 24.3 Å². The number of benzene rings is 1. The number of nitrogens with one attached hydrogen (secondary N) is 2. The van der Waals surface area contributed by atoms with Crippen LogP contribution in [0.3, 0.4) is 0 Å². The van der Waals surface area contributed by atoms with E-state index in [1.807, 2.05) is 0 Å². The van der Waals surface area contributed by atoms with Crippen molar-refractivity contribution in [3.8, 4) is 0 Å². The van der Waals surface area contributed by atoms with Crippen molar-refractivity contribution in [3.63, 3.8) is 0 Å². The zero-order chi connectivity index (χ0) is 14.4. The molecule has 4 unspecified atom stereocenters. The van der Waals surface area contributed by atoms with E-state index in [4.69, 9.17) is 0 Å². The van der Waals surface area contributed by atoms with Crippen molar-refractivity contribution in [2.24, 2.45) is 11.8 Å². The quantitative estimate of drug-likeness (QED) is 0.872. The number of aryl methyl sites for hydroxylation is 1. The smallest absolute Gasteiger partial charge is 0.224 e. The van der Waals surface area contributed by atoms with E-state index in [1.165, 1.54) is 11.1 Å². The van der Waals surface area contributed by atoms with Gasteiger partial charge in [-0.05, 0) is 49.3 Å². The summed E-state index contributed by atoms with van der Waals surface area (Å²) in [6.45, 7) is 4.25. The summed E-state index contributed by atoms with van der Waals surface area (Å²) >= 11 is 0. The van der Waals surface area contributed by atoms with Crippen molar-refractivity contribution in [1.29, 1.82) is 0 Å². The summed E-state index contributed by atoms with van der Waals surface area (Å²) in [6, 6.07) is 9.00. The minimum absolute atomic E-state index is 0.173. The van der Waals surface area contributed by atoms with Crippen LogP contribution in [0.5, 0.6) is 0 Å². The predicted octanol–water partition coefficient (Wildman–Crippen LogP) is 2.00. The zero-order valence-electron chi connectivity index (χ0n) is 12.7. The molecular formula is C18H24N2O. The average Bonchev–Trinajstić information content (AvgIpc) is 3.12. The summed E-state index contributed by atoms with van der Waals surface area (Å²) in [5, 5.41) is 6.70. The highest BCUT2D eigenvalue weighted by molar-refractivity contribution is 5.85. The third-order valence-electron chi connectivity index (χ3n) is 5.94. The van der Waals surface area contributed by atoms with Gasteiger partial charge in [-0.2, -0.15) is 0 Å². The van der Waals surface area contributed by atoms with Gasteiger partial charge in [0.05, 0.1) is 0 Å². The Labute approximate surface area is 126 Å². The molecule has 0 bridgehead atoms. The maximum Gasteiger partial charge on any atom is 0.224 e. The molecule has 4 rings (SSSR count). The van der Waals surface area contributed by atoms with Crippen LogP contribution in [-0.4, -0.2) is 25.0 Å². The highest BCUT2D eigenvalue weighted by Crippen LogP contribution is 2.61. The molecule has 1 aromatic rings. The fourth-order valence-corrected chi connectivity index (χ4v) is 4.41. The van der Waals surface area contributed by atoms with Gasteiger partial charge >= 0.3 is 0 Å². The number of amides is 1. The lowest BCUT2D eigenvalue weighted by molar-refractivity contribution is -0.123. The van der Waals surface area contributed by atoms with Gasteiger partial charge in [-0.3, -0.25) is 4.79 Å². The molecule has 1 heterocycles. The van der Waals surface area contributed by atoms with Crippen LogP contribution in [0, 0.1) is 11.8 Å². The molecule has 0 radical (unpaired) electrons. The molecule has 4 atom stereocenters. The Morgan fingerprint density at radius 3 is 3.10 bits per heavy atom. The molecule has 1 saturated heterocycles. The van der Waals surface area contributed by atoms with Crippen molar-refractivity contribution in [2.75, 3.05) is 13.1 Å². The monoisotopic (exact) mass is 284 g/mol. The molecule has 1 amide bonds. The van der Waals surface area contributed by atoms with Crippen LogP contribution < -0.4 is 10.6 Å². The molecule has 0 aromatic heterocycles. The Balaban J connectivity index is 1.46. The first-order valence-electron chi connectivity index (χ1n) is 8.30. The molecule has 3 aliphatic rings. The highest BCUT2D eigenvalue weighted by Gasteiger charge is 2.61. The number of carbonyl (C=O) groups excluding carboxylic acids is 1. The van der Waals surface area contributed by atoms with Crippen molar-refractivity contribution in [2.45, 2.75) is 44.1 Å². The number of hydrogen-bond acceptors (Lipinski definition) is 2. The molecule has 1 aliphatic heterocycles. The second-order valence-electron chi connectivity index (χ2n) is 7.16. The highest BCUT2D eigenvalue weighted by atomic mass is 16.2. The standard InChI is InChI=1S/C18H24N2O/c1-12-7-9-19-11-16(12)20-17(21)15-10-18(15)8-6-13-4-2-3-5-14(13)18/h2-5,12,15-16,19H,6-11H2,1H3,(H,20,21). The van der Waals surface area contributed by atoms with E-state index in [0.29, 0.717) is 12.0 Å². The third-order valence-corrected chi connectivity index (χ3v) is 5.94. The van der Waals surface area contributed by atoms with Crippen LogP contribution in [0.2, 0.25) is 0 Å². The number of fused-ring (bicyclic) bond motifs is 2. The number of piperidine rings is 1. The Kier molecular flexibility index (Phi) is 3.07. The van der Waals surface area contributed by atoms with E-state index >= 15 is 0 Å². The second kappa shape index (κ2) is 4.84. The molecule has 21 heavy (non-hydrogen) atoms. The molecule has 2 fully saturated rings. The van der Waals surface area contributed by atoms with E-state index in [1.54, 1.807) is 0 Å². The van der Waals surface area contributed by atoms with Crippen molar-refractivity contribution in [3.05, 3.63) is 35.4 Å². The topological polar surface area (TPSA) is 41.1 Å². The van der Waals surface area contributed by atoms with Crippen LogP contribution in [-0.2, 0) is 16.6 Å². The van der Waals surface area contributed by atoms with Crippen LogP contribution >= 0.6 is 0 Å². The van der Waals surface area contributed by atoms with Gasteiger partial charge in [-0.15, -0.1) is 0 Å². The number of carbonyl (C=O) groups is 1. The van der Waals surface area contributed by atoms with E-state index in [2.05, 4.69) is 41.8 Å². The fraction of sp³-hybridized carbons (Fsp3) is 0.611. The van der Waals surface area contributed by atoms with Gasteiger partial charge in [0.1, 0.15) is 0 Å². The summed E-state index contributed by atoms with van der Waals surface area (Å²) in [7, 11) is 0. The van der Waals surface area contributed by atoms with Gasteiger partial charge in [0.15, 0.2) is 0 Å². The molecule has 112 valence electrons. The summed E-state index contributed by atoms with van der Waals surface area (Å²) in [4.78, 5) is 12.7. The van der Waals surface area contributed by atoms with Crippen LogP contribution in [0.1, 0.15) is 37.3 Å². The zero-order valence-corrected chi connectivity index (χ0v) is 12.7. The van der Waals surface area contributed by atoms with Gasteiger partial charge in [0.25, 0.3) is 0 Å². The summed E-state index contributed by atoms with van der Waals surface area (Å²) in [5.41, 5.74) is 3.08. The average molecular weight is 284 g/mol. The molecule has 1 aromatic carbocycles. The first-order chi connectivity index (χ1) is 10.2. The lowest BCUT2D eigenvalue weighted by atomic mass is 9.93. The molecule has 2 N–H and O–H groups in total. The number of rotatable bonds is 2. The second-order valence-corrected chi connectivity index (χ2v) is 7.16. The van der Waals surface area contributed by atoms with E-state index in [-0.39, 0.29) is 17.2 Å². The van der Waals surface area contributed by atoms with E-state index < -0.39 is 0 Å². The molecule has 1 spiro atoms. The molecule has 3 nitrogen and oxygen atoms in total. The van der Waals surface area contributed by atoms with Crippen LogP contribution in [0.25, 0.3) is 0 Å². The van der Waals surface area contributed by atoms with Crippen molar-refractivity contribution < 1.29 is 4.79 Å². The van der Waals surface area contributed by atoms with Gasteiger partial charge in [0, 0.05) is 23.9 Å². The largest absolute Gasteiger partial charge is 0.352 e. The Hall–Kier alpha value is -1.35. The minimum atomic E-state index is 0.173. The minimum Gasteiger partial charge on any atom is -0.352 e. The Morgan fingerprint density at radius 2 is 2.24 bits per heavy atom. The Bertz CT molecular complexity index is 570. The maximum atomic E-state index is 12.7. The summed E-state index contributed by atoms with van der Waals surface area (Å²) in [5.74, 6) is 1.07. The van der Waals surface area contributed by atoms with Crippen LogP contribution in [0.4, 0.5) is 0 Å².